The van der Waals surface area contributed by atoms with E-state index in [2.05, 4.69) is 19.2 Å². The lowest BCUT2D eigenvalue weighted by Crippen LogP contribution is -2.39. The van der Waals surface area contributed by atoms with E-state index in [9.17, 15) is 4.79 Å². The van der Waals surface area contributed by atoms with Crippen LogP contribution in [0.4, 0.5) is 0 Å². The second-order valence-corrected chi connectivity index (χ2v) is 4.39. The smallest absolute Gasteiger partial charge is 0.236 e. The second kappa shape index (κ2) is 3.78. The molecule has 0 heterocycles. The molecule has 1 aliphatic rings. The predicted molar refractivity (Wildman–Crippen MR) is 49.5 cm³/mol. The standard InChI is InChI=1S/C10H16N2O/c1-10(2)6-4-3-5-8(10)9(13)12-7-11/h8H,3-6H2,1-2H3,(H,12,13). The summed E-state index contributed by atoms with van der Waals surface area (Å²) in [6.07, 6.45) is 6.00. The minimum Gasteiger partial charge on any atom is -0.274 e. The fraction of sp³-hybridized carbons (Fsp3) is 0.800. The second-order valence-electron chi connectivity index (χ2n) is 4.39. The van der Waals surface area contributed by atoms with Crippen LogP contribution in [0.1, 0.15) is 39.5 Å². The number of nitrogens with zero attached hydrogens (tertiary/aromatic N) is 1. The molecule has 1 rings (SSSR count). The monoisotopic (exact) mass is 180 g/mol. The van der Waals surface area contributed by atoms with Crippen molar-refractivity contribution < 1.29 is 4.79 Å². The molecule has 72 valence electrons. The van der Waals surface area contributed by atoms with Gasteiger partial charge in [0.2, 0.25) is 5.91 Å². The number of hydrogen-bond acceptors (Lipinski definition) is 2. The average molecular weight is 180 g/mol. The Morgan fingerprint density at radius 3 is 2.77 bits per heavy atom. The summed E-state index contributed by atoms with van der Waals surface area (Å²) in [5.74, 6) is -0.0897. The van der Waals surface area contributed by atoms with Crippen LogP contribution in [-0.4, -0.2) is 5.91 Å². The lowest BCUT2D eigenvalue weighted by atomic mass is 9.68. The summed E-state index contributed by atoms with van der Waals surface area (Å²) in [5.41, 5.74) is 0.0547. The molecule has 1 N–H and O–H groups in total. The van der Waals surface area contributed by atoms with Gasteiger partial charge in [-0.15, -0.1) is 0 Å². The highest BCUT2D eigenvalue weighted by Gasteiger charge is 2.36. The van der Waals surface area contributed by atoms with E-state index in [4.69, 9.17) is 5.26 Å². The largest absolute Gasteiger partial charge is 0.274 e. The molecule has 0 aromatic carbocycles. The first-order valence-corrected chi connectivity index (χ1v) is 4.77. The van der Waals surface area contributed by atoms with Crippen LogP contribution in [0.3, 0.4) is 0 Å². The molecule has 0 spiro atoms. The van der Waals surface area contributed by atoms with Crippen LogP contribution in [0, 0.1) is 22.8 Å². The van der Waals surface area contributed by atoms with E-state index in [0.29, 0.717) is 0 Å². The maximum Gasteiger partial charge on any atom is 0.236 e. The molecular weight excluding hydrogens is 164 g/mol. The van der Waals surface area contributed by atoms with Crippen LogP contribution in [0.15, 0.2) is 0 Å². The summed E-state index contributed by atoms with van der Waals surface area (Å²) < 4.78 is 0. The molecule has 0 aromatic heterocycles. The molecule has 1 saturated carbocycles. The third kappa shape index (κ3) is 2.21. The van der Waals surface area contributed by atoms with Gasteiger partial charge in [0, 0.05) is 5.92 Å². The van der Waals surface area contributed by atoms with Gasteiger partial charge in [-0.05, 0) is 18.3 Å². The summed E-state index contributed by atoms with van der Waals surface area (Å²) in [7, 11) is 0. The fourth-order valence-electron chi connectivity index (χ4n) is 2.12. The van der Waals surface area contributed by atoms with Gasteiger partial charge >= 0.3 is 0 Å². The summed E-state index contributed by atoms with van der Waals surface area (Å²) in [4.78, 5) is 11.5. The Balaban J connectivity index is 2.66. The fourth-order valence-corrected chi connectivity index (χ4v) is 2.12. The topological polar surface area (TPSA) is 52.9 Å². The number of nitriles is 1. The molecule has 3 heteroatoms. The molecule has 1 atom stereocenters. The van der Waals surface area contributed by atoms with Gasteiger partial charge < -0.3 is 0 Å². The Morgan fingerprint density at radius 2 is 2.23 bits per heavy atom. The predicted octanol–water partition coefficient (Wildman–Crippen LogP) is 1.80. The van der Waals surface area contributed by atoms with Crippen LogP contribution >= 0.6 is 0 Å². The van der Waals surface area contributed by atoms with Crippen LogP contribution in [0.5, 0.6) is 0 Å². The van der Waals surface area contributed by atoms with Crippen molar-refractivity contribution in [3.8, 4) is 6.19 Å². The highest BCUT2D eigenvalue weighted by molar-refractivity contribution is 5.80. The van der Waals surface area contributed by atoms with Crippen molar-refractivity contribution in [1.82, 2.24) is 5.32 Å². The third-order valence-electron chi connectivity index (χ3n) is 3.00. The highest BCUT2D eigenvalue weighted by atomic mass is 16.1. The van der Waals surface area contributed by atoms with E-state index in [0.717, 1.165) is 19.3 Å². The van der Waals surface area contributed by atoms with Crippen LogP contribution < -0.4 is 5.32 Å². The molecule has 1 fully saturated rings. The first-order chi connectivity index (χ1) is 6.08. The summed E-state index contributed by atoms with van der Waals surface area (Å²) in [5, 5.41) is 10.6. The van der Waals surface area contributed by atoms with Crippen LogP contribution in [-0.2, 0) is 4.79 Å². The minimum absolute atomic E-state index is 0.0147. The Hall–Kier alpha value is -1.04. The van der Waals surface area contributed by atoms with E-state index in [1.165, 1.54) is 6.42 Å². The molecule has 0 radical (unpaired) electrons. The Bertz CT molecular complexity index is 240. The minimum atomic E-state index is -0.104. The van der Waals surface area contributed by atoms with Gasteiger partial charge in [-0.3, -0.25) is 10.1 Å². The van der Waals surface area contributed by atoms with E-state index in [1.54, 1.807) is 6.19 Å². The molecule has 0 bridgehead atoms. The first kappa shape index (κ1) is 10.0. The molecule has 1 aliphatic carbocycles. The lowest BCUT2D eigenvalue weighted by molar-refractivity contribution is -0.129. The molecule has 3 nitrogen and oxygen atoms in total. The first-order valence-electron chi connectivity index (χ1n) is 4.77. The number of carbonyl (C=O) groups excluding carboxylic acids is 1. The van der Waals surface area contributed by atoms with E-state index in [-0.39, 0.29) is 17.2 Å². The van der Waals surface area contributed by atoms with E-state index in [1.807, 2.05) is 0 Å². The molecule has 1 unspecified atom stereocenters. The van der Waals surface area contributed by atoms with Gasteiger partial charge in [0.25, 0.3) is 0 Å². The third-order valence-corrected chi connectivity index (χ3v) is 3.00. The van der Waals surface area contributed by atoms with Crippen molar-refractivity contribution in [1.29, 1.82) is 5.26 Å². The Kier molecular flexibility index (Phi) is 2.92. The van der Waals surface area contributed by atoms with Crippen molar-refractivity contribution in [3.63, 3.8) is 0 Å². The molecule has 1 amide bonds. The molecule has 0 saturated heterocycles. The van der Waals surface area contributed by atoms with Gasteiger partial charge in [0.1, 0.15) is 0 Å². The number of amides is 1. The Labute approximate surface area is 79.1 Å². The quantitative estimate of drug-likeness (QED) is 0.494. The number of rotatable bonds is 1. The molecule has 0 aliphatic heterocycles. The van der Waals surface area contributed by atoms with E-state index < -0.39 is 0 Å². The maximum absolute atomic E-state index is 11.5. The summed E-state index contributed by atoms with van der Waals surface area (Å²) in [6.45, 7) is 4.21. The lowest BCUT2D eigenvalue weighted by Gasteiger charge is -2.36. The molecule has 13 heavy (non-hydrogen) atoms. The molecular formula is C10H16N2O. The number of carbonyl (C=O) groups is 1. The zero-order valence-corrected chi connectivity index (χ0v) is 8.26. The van der Waals surface area contributed by atoms with Crippen LogP contribution in [0.25, 0.3) is 0 Å². The summed E-state index contributed by atoms with van der Waals surface area (Å²) in [6, 6.07) is 0. The SMILES string of the molecule is CC1(C)CCCCC1C(=O)NC#N. The molecule has 0 aromatic rings. The number of nitrogens with one attached hydrogen (secondary N) is 1. The highest BCUT2D eigenvalue weighted by Crippen LogP contribution is 2.40. The van der Waals surface area contributed by atoms with Crippen molar-refractivity contribution in [2.75, 3.05) is 0 Å². The number of hydrogen-bond donors (Lipinski definition) is 1. The zero-order valence-electron chi connectivity index (χ0n) is 8.26. The maximum atomic E-state index is 11.5. The van der Waals surface area contributed by atoms with Gasteiger partial charge in [0.15, 0.2) is 6.19 Å². The van der Waals surface area contributed by atoms with Gasteiger partial charge in [0.05, 0.1) is 0 Å². The van der Waals surface area contributed by atoms with Gasteiger partial charge in [-0.25, -0.2) is 0 Å². The zero-order chi connectivity index (χ0) is 9.90. The van der Waals surface area contributed by atoms with Crippen molar-refractivity contribution in [3.05, 3.63) is 0 Å². The normalized spacial score (nSPS) is 26.1. The van der Waals surface area contributed by atoms with Crippen LogP contribution in [0.2, 0.25) is 0 Å². The van der Waals surface area contributed by atoms with Crippen molar-refractivity contribution in [2.24, 2.45) is 11.3 Å². The van der Waals surface area contributed by atoms with Gasteiger partial charge in [-0.1, -0.05) is 26.7 Å². The summed E-state index contributed by atoms with van der Waals surface area (Å²) >= 11 is 0. The van der Waals surface area contributed by atoms with Gasteiger partial charge in [-0.2, -0.15) is 5.26 Å². The van der Waals surface area contributed by atoms with E-state index >= 15 is 0 Å². The Morgan fingerprint density at radius 1 is 1.54 bits per heavy atom. The van der Waals surface area contributed by atoms with Crippen molar-refractivity contribution >= 4 is 5.91 Å². The average Bonchev–Trinajstić information content (AvgIpc) is 2.03. The van der Waals surface area contributed by atoms with Crippen molar-refractivity contribution in [2.45, 2.75) is 39.5 Å².